The molecular formula is C11H15N5OS. The Balaban J connectivity index is 2.07. The molecule has 0 saturated carbocycles. The van der Waals surface area contributed by atoms with Gasteiger partial charge in [0, 0.05) is 11.1 Å². The maximum Gasteiger partial charge on any atom is 0.242 e. The zero-order valence-corrected chi connectivity index (χ0v) is 11.1. The lowest BCUT2D eigenvalue weighted by molar-refractivity contribution is 0.328. The highest BCUT2D eigenvalue weighted by atomic mass is 32.1. The van der Waals surface area contributed by atoms with Crippen LogP contribution in [-0.2, 0) is 6.54 Å². The first-order valence-corrected chi connectivity index (χ1v) is 6.46. The number of nitrogens with two attached hydrogens (primary N) is 1. The van der Waals surface area contributed by atoms with Gasteiger partial charge in [-0.15, -0.1) is 11.3 Å². The summed E-state index contributed by atoms with van der Waals surface area (Å²) in [6.45, 7) is 4.96. The molecule has 0 atom stereocenters. The number of hydrogen-bond donors (Lipinski definition) is 2. The molecule has 0 spiro atoms. The maximum absolute atomic E-state index is 5.91. The summed E-state index contributed by atoms with van der Waals surface area (Å²) in [5.41, 5.74) is 7.35. The van der Waals surface area contributed by atoms with Crippen LogP contribution in [0, 0.1) is 6.92 Å². The summed E-state index contributed by atoms with van der Waals surface area (Å²) in [5.74, 6) is 0.978. The maximum atomic E-state index is 5.91. The van der Waals surface area contributed by atoms with Crippen molar-refractivity contribution in [1.82, 2.24) is 15.0 Å². The second kappa shape index (κ2) is 5.63. The van der Waals surface area contributed by atoms with E-state index in [1.807, 2.05) is 19.2 Å². The molecule has 0 fully saturated rings. The van der Waals surface area contributed by atoms with E-state index in [1.165, 1.54) is 6.33 Å². The molecule has 0 bridgehead atoms. The number of aryl methyl sites for hydroxylation is 1. The Morgan fingerprint density at radius 2 is 2.28 bits per heavy atom. The van der Waals surface area contributed by atoms with Gasteiger partial charge in [-0.25, -0.2) is 9.97 Å². The molecule has 0 saturated heterocycles. The minimum atomic E-state index is 0.408. The van der Waals surface area contributed by atoms with Gasteiger partial charge in [0.15, 0.2) is 5.82 Å². The summed E-state index contributed by atoms with van der Waals surface area (Å²) < 4.78 is 5.30. The number of aromatic nitrogens is 3. The van der Waals surface area contributed by atoms with E-state index in [9.17, 15) is 0 Å². The molecule has 18 heavy (non-hydrogen) atoms. The Morgan fingerprint density at radius 3 is 2.94 bits per heavy atom. The van der Waals surface area contributed by atoms with Crippen LogP contribution in [0.1, 0.15) is 17.6 Å². The van der Waals surface area contributed by atoms with Crippen molar-refractivity contribution in [2.24, 2.45) is 0 Å². The number of nitrogen functional groups attached to an aromatic ring is 1. The van der Waals surface area contributed by atoms with Crippen molar-refractivity contribution >= 4 is 22.8 Å². The molecule has 0 aliphatic heterocycles. The summed E-state index contributed by atoms with van der Waals surface area (Å²) in [7, 11) is 0. The molecule has 96 valence electrons. The standard InChI is InChI=1S/C11H15N5OS/c1-3-17-11-9(12)10(14-6-15-11)13-4-8-16-7(2)5-18-8/h5-6H,3-4,12H2,1-2H3,(H,13,14,15). The average molecular weight is 265 g/mol. The predicted octanol–water partition coefficient (Wildman–Crippen LogP) is 1.83. The molecule has 2 aromatic heterocycles. The van der Waals surface area contributed by atoms with Crippen molar-refractivity contribution in [3.63, 3.8) is 0 Å². The largest absolute Gasteiger partial charge is 0.476 e. The van der Waals surface area contributed by atoms with Crippen LogP contribution in [0.25, 0.3) is 0 Å². The van der Waals surface area contributed by atoms with Gasteiger partial charge in [-0.05, 0) is 13.8 Å². The predicted molar refractivity (Wildman–Crippen MR) is 71.8 cm³/mol. The monoisotopic (exact) mass is 265 g/mol. The van der Waals surface area contributed by atoms with Gasteiger partial charge in [0.1, 0.15) is 17.0 Å². The zero-order chi connectivity index (χ0) is 13.0. The lowest BCUT2D eigenvalue weighted by atomic mass is 10.4. The van der Waals surface area contributed by atoms with Gasteiger partial charge >= 0.3 is 0 Å². The first-order valence-electron chi connectivity index (χ1n) is 5.59. The van der Waals surface area contributed by atoms with Crippen LogP contribution in [0.15, 0.2) is 11.7 Å². The molecule has 0 aliphatic carbocycles. The number of rotatable bonds is 5. The lowest BCUT2D eigenvalue weighted by Gasteiger charge is -2.09. The van der Waals surface area contributed by atoms with E-state index in [-0.39, 0.29) is 0 Å². The third-order valence-corrected chi connectivity index (χ3v) is 3.17. The quantitative estimate of drug-likeness (QED) is 0.857. The van der Waals surface area contributed by atoms with Crippen molar-refractivity contribution in [3.05, 3.63) is 22.4 Å². The molecule has 6 nitrogen and oxygen atoms in total. The topological polar surface area (TPSA) is 86.0 Å². The highest BCUT2D eigenvalue weighted by molar-refractivity contribution is 7.09. The van der Waals surface area contributed by atoms with Crippen LogP contribution in [0.4, 0.5) is 11.5 Å². The fourth-order valence-corrected chi connectivity index (χ4v) is 2.13. The van der Waals surface area contributed by atoms with E-state index in [4.69, 9.17) is 10.5 Å². The molecule has 2 rings (SSSR count). The van der Waals surface area contributed by atoms with Gasteiger partial charge in [0.05, 0.1) is 13.2 Å². The van der Waals surface area contributed by atoms with Crippen LogP contribution >= 0.6 is 11.3 Å². The fourth-order valence-electron chi connectivity index (χ4n) is 1.42. The number of thiazole rings is 1. The third-order valence-electron chi connectivity index (χ3n) is 2.20. The Morgan fingerprint density at radius 1 is 1.44 bits per heavy atom. The minimum Gasteiger partial charge on any atom is -0.476 e. The van der Waals surface area contributed by atoms with E-state index in [1.54, 1.807) is 11.3 Å². The molecular weight excluding hydrogens is 250 g/mol. The Hall–Kier alpha value is -1.89. The molecule has 0 aliphatic rings. The second-order valence-corrected chi connectivity index (χ2v) is 4.55. The lowest BCUT2D eigenvalue weighted by Crippen LogP contribution is -2.07. The SMILES string of the molecule is CCOc1ncnc(NCc2nc(C)cs2)c1N. The van der Waals surface area contributed by atoms with E-state index < -0.39 is 0 Å². The van der Waals surface area contributed by atoms with Gasteiger partial charge in [-0.1, -0.05) is 0 Å². The van der Waals surface area contributed by atoms with Crippen LogP contribution in [0.5, 0.6) is 5.88 Å². The van der Waals surface area contributed by atoms with E-state index in [0.29, 0.717) is 30.5 Å². The highest BCUT2D eigenvalue weighted by Gasteiger charge is 2.09. The fraction of sp³-hybridized carbons (Fsp3) is 0.364. The van der Waals surface area contributed by atoms with Crippen LogP contribution in [-0.4, -0.2) is 21.6 Å². The average Bonchev–Trinajstić information content (AvgIpc) is 2.77. The van der Waals surface area contributed by atoms with Gasteiger partial charge in [0.25, 0.3) is 0 Å². The second-order valence-electron chi connectivity index (χ2n) is 3.61. The number of nitrogens with zero attached hydrogens (tertiary/aromatic N) is 3. The van der Waals surface area contributed by atoms with Crippen LogP contribution in [0.2, 0.25) is 0 Å². The van der Waals surface area contributed by atoms with Crippen molar-refractivity contribution in [2.45, 2.75) is 20.4 Å². The normalized spacial score (nSPS) is 10.3. The molecule has 0 aromatic carbocycles. The third kappa shape index (κ3) is 2.86. The first kappa shape index (κ1) is 12.6. The smallest absolute Gasteiger partial charge is 0.242 e. The van der Waals surface area contributed by atoms with Crippen LogP contribution < -0.4 is 15.8 Å². The van der Waals surface area contributed by atoms with Gasteiger partial charge in [0.2, 0.25) is 5.88 Å². The van der Waals surface area contributed by atoms with E-state index in [0.717, 1.165) is 10.7 Å². The number of anilines is 2. The summed E-state index contributed by atoms with van der Waals surface area (Å²) in [6.07, 6.45) is 1.43. The van der Waals surface area contributed by atoms with Crippen molar-refractivity contribution in [2.75, 3.05) is 17.7 Å². The van der Waals surface area contributed by atoms with E-state index >= 15 is 0 Å². The summed E-state index contributed by atoms with van der Waals surface area (Å²) in [4.78, 5) is 12.4. The number of ether oxygens (including phenoxy) is 1. The Labute approximate surface area is 109 Å². The molecule has 2 aromatic rings. The van der Waals surface area contributed by atoms with Crippen molar-refractivity contribution in [3.8, 4) is 5.88 Å². The van der Waals surface area contributed by atoms with E-state index in [2.05, 4.69) is 20.3 Å². The molecule has 0 radical (unpaired) electrons. The summed E-state index contributed by atoms with van der Waals surface area (Å²) in [5, 5.41) is 6.13. The van der Waals surface area contributed by atoms with Gasteiger partial charge in [-0.2, -0.15) is 4.98 Å². The van der Waals surface area contributed by atoms with Crippen molar-refractivity contribution in [1.29, 1.82) is 0 Å². The van der Waals surface area contributed by atoms with Gasteiger partial charge < -0.3 is 15.8 Å². The Kier molecular flexibility index (Phi) is 3.93. The summed E-state index contributed by atoms with van der Waals surface area (Å²) in [6, 6.07) is 0. The van der Waals surface area contributed by atoms with Crippen molar-refractivity contribution < 1.29 is 4.74 Å². The number of nitrogens with one attached hydrogen (secondary N) is 1. The molecule has 2 heterocycles. The first-order chi connectivity index (χ1) is 8.70. The summed E-state index contributed by atoms with van der Waals surface area (Å²) >= 11 is 1.60. The molecule has 7 heteroatoms. The minimum absolute atomic E-state index is 0.408. The zero-order valence-electron chi connectivity index (χ0n) is 10.3. The highest BCUT2D eigenvalue weighted by Crippen LogP contribution is 2.25. The van der Waals surface area contributed by atoms with Crippen LogP contribution in [0.3, 0.4) is 0 Å². The molecule has 0 unspecified atom stereocenters. The molecule has 3 N–H and O–H groups in total. The Bertz CT molecular complexity index is 528. The molecule has 0 amide bonds. The van der Waals surface area contributed by atoms with Gasteiger partial charge in [-0.3, -0.25) is 0 Å². The number of hydrogen-bond acceptors (Lipinski definition) is 7.